The van der Waals surface area contributed by atoms with Gasteiger partial charge in [0.2, 0.25) is 5.91 Å². The summed E-state index contributed by atoms with van der Waals surface area (Å²) in [6.07, 6.45) is 1.49. The average molecular weight is 297 g/mol. The van der Waals surface area contributed by atoms with Gasteiger partial charge in [0.25, 0.3) is 0 Å². The summed E-state index contributed by atoms with van der Waals surface area (Å²) in [7, 11) is 1.80. The Morgan fingerprint density at radius 2 is 2.35 bits per heavy atom. The highest BCUT2D eigenvalue weighted by molar-refractivity contribution is 6.30. The molecule has 1 N–H and O–H groups in total. The Labute approximate surface area is 124 Å². The second-order valence-corrected chi connectivity index (χ2v) is 5.85. The molecular weight excluding hydrogens is 276 g/mol. The lowest BCUT2D eigenvalue weighted by Gasteiger charge is -2.30. The van der Waals surface area contributed by atoms with Gasteiger partial charge >= 0.3 is 0 Å². The van der Waals surface area contributed by atoms with Crippen LogP contribution in [0.5, 0.6) is 0 Å². The zero-order valence-corrected chi connectivity index (χ0v) is 12.5. The molecule has 0 radical (unpaired) electrons. The molecule has 1 atom stereocenters. The Hall–Kier alpha value is -1.10. The number of carbonyl (C=O) groups excluding carboxylic acids is 1. The molecule has 1 aromatic rings. The van der Waals surface area contributed by atoms with E-state index in [4.69, 9.17) is 11.6 Å². The number of benzene rings is 1. The third-order valence-electron chi connectivity index (χ3n) is 3.57. The Morgan fingerprint density at radius 1 is 1.55 bits per heavy atom. The second-order valence-electron chi connectivity index (χ2n) is 5.41. The maximum absolute atomic E-state index is 12.2. The van der Waals surface area contributed by atoms with Crippen LogP contribution in [0.15, 0.2) is 24.3 Å². The second kappa shape index (κ2) is 7.07. The topological polar surface area (TPSA) is 43.8 Å². The lowest BCUT2D eigenvalue weighted by Crippen LogP contribution is -2.44. The van der Waals surface area contributed by atoms with Crippen LogP contribution in [0.3, 0.4) is 0 Å². The van der Waals surface area contributed by atoms with Crippen molar-refractivity contribution in [1.82, 2.24) is 9.80 Å². The molecule has 4 nitrogen and oxygen atoms in total. The van der Waals surface area contributed by atoms with Crippen LogP contribution in [-0.4, -0.2) is 53.6 Å². The fraction of sp³-hybridized carbons (Fsp3) is 0.533. The van der Waals surface area contributed by atoms with E-state index in [-0.39, 0.29) is 12.0 Å². The fourth-order valence-electron chi connectivity index (χ4n) is 2.48. The van der Waals surface area contributed by atoms with E-state index in [2.05, 4.69) is 0 Å². The van der Waals surface area contributed by atoms with Crippen LogP contribution in [0, 0.1) is 0 Å². The lowest BCUT2D eigenvalue weighted by molar-refractivity contribution is -0.132. The quantitative estimate of drug-likeness (QED) is 0.921. The number of piperidine rings is 1. The molecule has 1 aromatic carbocycles. The van der Waals surface area contributed by atoms with Crippen molar-refractivity contribution in [2.75, 3.05) is 26.7 Å². The minimum atomic E-state index is -0.296. The minimum Gasteiger partial charge on any atom is -0.392 e. The summed E-state index contributed by atoms with van der Waals surface area (Å²) >= 11 is 5.94. The van der Waals surface area contributed by atoms with E-state index in [0.717, 1.165) is 24.9 Å². The van der Waals surface area contributed by atoms with Crippen molar-refractivity contribution in [3.63, 3.8) is 0 Å². The van der Waals surface area contributed by atoms with Crippen LogP contribution in [0.4, 0.5) is 0 Å². The molecule has 5 heteroatoms. The Morgan fingerprint density at radius 3 is 3.05 bits per heavy atom. The number of aliphatic hydroxyl groups is 1. The molecule has 0 saturated carbocycles. The highest BCUT2D eigenvalue weighted by atomic mass is 35.5. The Kier molecular flexibility index (Phi) is 5.40. The molecule has 20 heavy (non-hydrogen) atoms. The van der Waals surface area contributed by atoms with Crippen molar-refractivity contribution in [2.24, 2.45) is 0 Å². The standard InChI is InChI=1S/C15H21ClN2O2/c1-17(9-12-4-2-5-13(16)8-12)15(20)11-18-7-3-6-14(19)10-18/h2,4-5,8,14,19H,3,6-7,9-11H2,1H3/t14-/m0/s1. The molecule has 0 spiro atoms. The van der Waals surface area contributed by atoms with Gasteiger partial charge in [0.15, 0.2) is 0 Å². The predicted octanol–water partition coefficient (Wildman–Crippen LogP) is 1.76. The monoisotopic (exact) mass is 296 g/mol. The third kappa shape index (κ3) is 4.47. The number of nitrogens with zero attached hydrogens (tertiary/aromatic N) is 2. The highest BCUT2D eigenvalue weighted by Crippen LogP contribution is 2.13. The molecular formula is C15H21ClN2O2. The van der Waals surface area contributed by atoms with Crippen LogP contribution in [0.1, 0.15) is 18.4 Å². The molecule has 1 aliphatic rings. The van der Waals surface area contributed by atoms with Gasteiger partial charge in [-0.1, -0.05) is 23.7 Å². The van der Waals surface area contributed by atoms with Gasteiger partial charge in [-0.15, -0.1) is 0 Å². The zero-order valence-electron chi connectivity index (χ0n) is 11.8. The van der Waals surface area contributed by atoms with Gasteiger partial charge in [-0.3, -0.25) is 9.69 Å². The van der Waals surface area contributed by atoms with Crippen molar-refractivity contribution in [3.8, 4) is 0 Å². The molecule has 1 fully saturated rings. The van der Waals surface area contributed by atoms with Gasteiger partial charge in [-0.05, 0) is 37.1 Å². The van der Waals surface area contributed by atoms with E-state index in [1.165, 1.54) is 0 Å². The molecule has 1 aliphatic heterocycles. The molecule has 0 aliphatic carbocycles. The summed E-state index contributed by atoms with van der Waals surface area (Å²) in [6.45, 7) is 2.40. The number of amides is 1. The van der Waals surface area contributed by atoms with Gasteiger partial charge in [-0.25, -0.2) is 0 Å². The van der Waals surface area contributed by atoms with Crippen LogP contribution < -0.4 is 0 Å². The maximum Gasteiger partial charge on any atom is 0.236 e. The number of carbonyl (C=O) groups is 1. The number of likely N-dealkylation sites (N-methyl/N-ethyl adjacent to an activating group) is 1. The molecule has 0 aromatic heterocycles. The van der Waals surface area contributed by atoms with Gasteiger partial charge in [0.1, 0.15) is 0 Å². The van der Waals surface area contributed by atoms with Gasteiger partial charge < -0.3 is 10.0 Å². The van der Waals surface area contributed by atoms with E-state index in [0.29, 0.717) is 24.7 Å². The highest BCUT2D eigenvalue weighted by Gasteiger charge is 2.21. The molecule has 0 bridgehead atoms. The lowest BCUT2D eigenvalue weighted by atomic mass is 10.1. The maximum atomic E-state index is 12.2. The van der Waals surface area contributed by atoms with E-state index in [9.17, 15) is 9.90 Å². The van der Waals surface area contributed by atoms with Gasteiger partial charge in [-0.2, -0.15) is 0 Å². The first-order chi connectivity index (χ1) is 9.54. The molecule has 0 unspecified atom stereocenters. The smallest absolute Gasteiger partial charge is 0.236 e. The number of rotatable bonds is 4. The van der Waals surface area contributed by atoms with Crippen molar-refractivity contribution >= 4 is 17.5 Å². The third-order valence-corrected chi connectivity index (χ3v) is 3.81. The van der Waals surface area contributed by atoms with Crippen molar-refractivity contribution in [3.05, 3.63) is 34.9 Å². The summed E-state index contributed by atoms with van der Waals surface area (Å²) in [4.78, 5) is 15.9. The number of β-amino-alcohol motifs (C(OH)–C–C–N with tert-alkyl or cyclic N) is 1. The Bertz CT molecular complexity index is 467. The van der Waals surface area contributed by atoms with E-state index < -0.39 is 0 Å². The van der Waals surface area contributed by atoms with Gasteiger partial charge in [0.05, 0.1) is 12.6 Å². The van der Waals surface area contributed by atoms with Gasteiger partial charge in [0, 0.05) is 25.2 Å². The fourth-order valence-corrected chi connectivity index (χ4v) is 2.70. The molecule has 1 heterocycles. The first-order valence-electron chi connectivity index (χ1n) is 6.93. The van der Waals surface area contributed by atoms with Crippen LogP contribution in [0.25, 0.3) is 0 Å². The summed E-state index contributed by atoms with van der Waals surface area (Å²) < 4.78 is 0. The van der Waals surface area contributed by atoms with E-state index >= 15 is 0 Å². The molecule has 2 rings (SSSR count). The number of hydrogen-bond acceptors (Lipinski definition) is 3. The van der Waals surface area contributed by atoms with E-state index in [1.807, 2.05) is 29.2 Å². The first-order valence-corrected chi connectivity index (χ1v) is 7.31. The summed E-state index contributed by atoms with van der Waals surface area (Å²) in [5.74, 6) is 0.0686. The normalized spacial score (nSPS) is 19.9. The van der Waals surface area contributed by atoms with Crippen molar-refractivity contribution in [2.45, 2.75) is 25.5 Å². The van der Waals surface area contributed by atoms with Crippen LogP contribution in [0.2, 0.25) is 5.02 Å². The van der Waals surface area contributed by atoms with Crippen molar-refractivity contribution < 1.29 is 9.90 Å². The number of hydrogen-bond donors (Lipinski definition) is 1. The number of likely N-dealkylation sites (tertiary alicyclic amines) is 1. The largest absolute Gasteiger partial charge is 0.392 e. The molecule has 1 saturated heterocycles. The molecule has 110 valence electrons. The van der Waals surface area contributed by atoms with Crippen LogP contribution in [-0.2, 0) is 11.3 Å². The number of aliphatic hydroxyl groups excluding tert-OH is 1. The zero-order chi connectivity index (χ0) is 14.5. The average Bonchev–Trinajstić information content (AvgIpc) is 2.38. The Balaban J connectivity index is 1.85. The summed E-state index contributed by atoms with van der Waals surface area (Å²) in [5.41, 5.74) is 1.02. The summed E-state index contributed by atoms with van der Waals surface area (Å²) in [6, 6.07) is 7.54. The number of halogens is 1. The first kappa shape index (κ1) is 15.3. The minimum absolute atomic E-state index is 0.0686. The van der Waals surface area contributed by atoms with Crippen LogP contribution >= 0.6 is 11.6 Å². The van der Waals surface area contributed by atoms with Crippen molar-refractivity contribution in [1.29, 1.82) is 0 Å². The summed E-state index contributed by atoms with van der Waals surface area (Å²) in [5, 5.41) is 10.3. The molecule has 1 amide bonds. The SMILES string of the molecule is CN(Cc1cccc(Cl)c1)C(=O)CN1CCC[C@H](O)C1. The van der Waals surface area contributed by atoms with E-state index in [1.54, 1.807) is 11.9 Å². The predicted molar refractivity (Wildman–Crippen MR) is 79.6 cm³/mol.